The summed E-state index contributed by atoms with van der Waals surface area (Å²) in [5.74, 6) is 1.49. The molecule has 0 amide bonds. The van der Waals surface area contributed by atoms with Crippen LogP contribution >= 0.6 is 0 Å². The Morgan fingerprint density at radius 1 is 1.28 bits per heavy atom. The van der Waals surface area contributed by atoms with Gasteiger partial charge in [0.15, 0.2) is 0 Å². The summed E-state index contributed by atoms with van der Waals surface area (Å²) in [6.45, 7) is 3.51. The fourth-order valence-electron chi connectivity index (χ4n) is 4.02. The molecule has 1 unspecified atom stereocenters. The fourth-order valence-corrected chi connectivity index (χ4v) is 4.02. The molecule has 29 heavy (non-hydrogen) atoms. The van der Waals surface area contributed by atoms with Crippen LogP contribution in [-0.2, 0) is 11.3 Å². The molecular formula is C23H20N4O2. The smallest absolute Gasteiger partial charge is 0.146 e. The maximum Gasteiger partial charge on any atom is 0.146 e. The highest BCUT2D eigenvalue weighted by molar-refractivity contribution is 5.92. The molecule has 1 N–H and O–H groups in total. The Kier molecular flexibility index (Phi) is 4.11. The van der Waals surface area contributed by atoms with Gasteiger partial charge in [0, 0.05) is 23.6 Å². The topological polar surface area (TPSA) is 75.9 Å². The van der Waals surface area contributed by atoms with Gasteiger partial charge in [-0.25, -0.2) is 4.98 Å². The van der Waals surface area contributed by atoms with Crippen LogP contribution in [0.15, 0.2) is 48.7 Å². The van der Waals surface area contributed by atoms with E-state index in [-0.39, 0.29) is 6.10 Å². The molecule has 0 radical (unpaired) electrons. The number of aromatic amines is 1. The standard InChI is InChI=1S/C23H20N4O2/c1-14-5-3-4-6-16(14)22-23-26-20(13-27(23)9-10-29-22)19-11-17-18(25-19)8-7-15(12-24)21(17)28-2/h3-8,11,13,22,25H,9-10H2,1-2H3. The van der Waals surface area contributed by atoms with E-state index in [2.05, 4.69) is 40.9 Å². The predicted octanol–water partition coefficient (Wildman–Crippen LogP) is 4.34. The van der Waals surface area contributed by atoms with Gasteiger partial charge in [-0.2, -0.15) is 5.26 Å². The van der Waals surface area contributed by atoms with Crippen molar-refractivity contribution in [2.75, 3.05) is 13.7 Å². The normalized spacial score (nSPS) is 15.8. The van der Waals surface area contributed by atoms with E-state index in [0.717, 1.165) is 40.2 Å². The van der Waals surface area contributed by atoms with E-state index in [1.165, 1.54) is 5.56 Å². The van der Waals surface area contributed by atoms with Crippen LogP contribution in [0.4, 0.5) is 0 Å². The summed E-state index contributed by atoms with van der Waals surface area (Å²) in [7, 11) is 1.59. The van der Waals surface area contributed by atoms with Crippen molar-refractivity contribution in [3.05, 3.63) is 71.2 Å². The lowest BCUT2D eigenvalue weighted by Crippen LogP contribution is -2.22. The van der Waals surface area contributed by atoms with Gasteiger partial charge in [0.1, 0.15) is 29.4 Å². The summed E-state index contributed by atoms with van der Waals surface area (Å²) in [6, 6.07) is 16.1. The van der Waals surface area contributed by atoms with Gasteiger partial charge in [-0.05, 0) is 36.2 Å². The Bertz CT molecular complexity index is 1260. The van der Waals surface area contributed by atoms with Crippen molar-refractivity contribution in [1.29, 1.82) is 5.26 Å². The number of hydrogen-bond acceptors (Lipinski definition) is 4. The molecule has 5 rings (SSSR count). The highest BCUT2D eigenvalue weighted by Gasteiger charge is 2.27. The van der Waals surface area contributed by atoms with Crippen LogP contribution in [0.2, 0.25) is 0 Å². The summed E-state index contributed by atoms with van der Waals surface area (Å²) in [6.07, 6.45) is 1.88. The first-order valence-electron chi connectivity index (χ1n) is 9.54. The molecule has 0 saturated heterocycles. The van der Waals surface area contributed by atoms with Gasteiger partial charge in [0.2, 0.25) is 0 Å². The molecule has 4 aromatic rings. The van der Waals surface area contributed by atoms with Gasteiger partial charge < -0.3 is 19.0 Å². The number of ether oxygens (including phenoxy) is 2. The number of hydrogen-bond donors (Lipinski definition) is 1. The van der Waals surface area contributed by atoms with Crippen molar-refractivity contribution in [1.82, 2.24) is 14.5 Å². The summed E-state index contributed by atoms with van der Waals surface area (Å²) < 4.78 is 13.7. The third-order valence-electron chi connectivity index (χ3n) is 5.48. The molecule has 2 aromatic heterocycles. The second-order valence-electron chi connectivity index (χ2n) is 7.19. The number of nitrogens with one attached hydrogen (secondary N) is 1. The lowest BCUT2D eigenvalue weighted by molar-refractivity contribution is 0.0426. The van der Waals surface area contributed by atoms with Gasteiger partial charge >= 0.3 is 0 Å². The lowest BCUT2D eigenvalue weighted by atomic mass is 10.0. The number of aromatic nitrogens is 3. The number of benzene rings is 2. The predicted molar refractivity (Wildman–Crippen MR) is 110 cm³/mol. The summed E-state index contributed by atoms with van der Waals surface area (Å²) in [5, 5.41) is 10.2. The van der Waals surface area contributed by atoms with Crippen LogP contribution in [0.3, 0.4) is 0 Å². The van der Waals surface area contributed by atoms with E-state index >= 15 is 0 Å². The zero-order valence-electron chi connectivity index (χ0n) is 16.3. The zero-order valence-corrected chi connectivity index (χ0v) is 16.3. The number of rotatable bonds is 3. The van der Waals surface area contributed by atoms with Crippen LogP contribution in [0.5, 0.6) is 5.75 Å². The number of aryl methyl sites for hydroxylation is 1. The Balaban J connectivity index is 1.61. The minimum Gasteiger partial charge on any atom is -0.495 e. The van der Waals surface area contributed by atoms with Crippen LogP contribution < -0.4 is 4.74 Å². The van der Waals surface area contributed by atoms with Crippen molar-refractivity contribution in [3.8, 4) is 23.2 Å². The maximum atomic E-state index is 9.33. The largest absolute Gasteiger partial charge is 0.495 e. The van der Waals surface area contributed by atoms with Crippen LogP contribution in [-0.4, -0.2) is 28.3 Å². The first-order valence-corrected chi connectivity index (χ1v) is 9.54. The molecule has 1 atom stereocenters. The van der Waals surface area contributed by atoms with Crippen molar-refractivity contribution in [2.45, 2.75) is 19.6 Å². The molecule has 0 saturated carbocycles. The van der Waals surface area contributed by atoms with Crippen LogP contribution in [0.1, 0.15) is 28.6 Å². The molecule has 0 fully saturated rings. The highest BCUT2D eigenvalue weighted by atomic mass is 16.5. The molecule has 3 heterocycles. The van der Waals surface area contributed by atoms with Gasteiger partial charge in [0.05, 0.1) is 25.0 Å². The van der Waals surface area contributed by atoms with Crippen LogP contribution in [0, 0.1) is 18.3 Å². The molecule has 0 aliphatic carbocycles. The molecule has 144 valence electrons. The van der Waals surface area contributed by atoms with Crippen molar-refractivity contribution in [3.63, 3.8) is 0 Å². The van der Waals surface area contributed by atoms with Gasteiger partial charge in [-0.1, -0.05) is 24.3 Å². The Morgan fingerprint density at radius 2 is 2.14 bits per heavy atom. The number of nitriles is 1. The number of nitrogens with zero attached hydrogens (tertiary/aromatic N) is 3. The average molecular weight is 384 g/mol. The molecule has 2 aromatic carbocycles. The van der Waals surface area contributed by atoms with Crippen LogP contribution in [0.25, 0.3) is 22.3 Å². The number of H-pyrrole nitrogens is 1. The van der Waals surface area contributed by atoms with Crippen molar-refractivity contribution < 1.29 is 9.47 Å². The third kappa shape index (κ3) is 2.79. The molecule has 6 heteroatoms. The van der Waals surface area contributed by atoms with Gasteiger partial charge in [0.25, 0.3) is 0 Å². The Hall–Kier alpha value is -3.56. The van der Waals surface area contributed by atoms with E-state index < -0.39 is 0 Å². The van der Waals surface area contributed by atoms with E-state index in [0.29, 0.717) is 17.9 Å². The Morgan fingerprint density at radius 3 is 2.93 bits per heavy atom. The summed E-state index contributed by atoms with van der Waals surface area (Å²) in [4.78, 5) is 8.32. The van der Waals surface area contributed by atoms with E-state index in [1.807, 2.05) is 24.3 Å². The summed E-state index contributed by atoms with van der Waals surface area (Å²) in [5.41, 5.74) is 5.49. The molecular weight excluding hydrogens is 364 g/mol. The minimum atomic E-state index is -0.178. The average Bonchev–Trinajstić information content (AvgIpc) is 3.37. The Labute approximate surface area is 168 Å². The molecule has 0 bridgehead atoms. The molecule has 0 spiro atoms. The van der Waals surface area contributed by atoms with Crippen molar-refractivity contribution in [2.24, 2.45) is 0 Å². The second-order valence-corrected chi connectivity index (χ2v) is 7.19. The quantitative estimate of drug-likeness (QED) is 0.570. The molecule has 1 aliphatic rings. The summed E-state index contributed by atoms with van der Waals surface area (Å²) >= 11 is 0. The molecule has 6 nitrogen and oxygen atoms in total. The van der Waals surface area contributed by atoms with Gasteiger partial charge in [-0.15, -0.1) is 0 Å². The van der Waals surface area contributed by atoms with Gasteiger partial charge in [-0.3, -0.25) is 0 Å². The fraction of sp³-hybridized carbons (Fsp3) is 0.217. The third-order valence-corrected chi connectivity index (χ3v) is 5.48. The lowest BCUT2D eigenvalue weighted by Gasteiger charge is -2.25. The number of imidazole rings is 1. The number of fused-ring (bicyclic) bond motifs is 2. The highest BCUT2D eigenvalue weighted by Crippen LogP contribution is 2.35. The van der Waals surface area contributed by atoms with Crippen molar-refractivity contribution >= 4 is 10.9 Å². The van der Waals surface area contributed by atoms with E-state index in [4.69, 9.17) is 14.5 Å². The SMILES string of the molecule is COc1c(C#N)ccc2[nH]c(-c3cn4c(n3)C(c3ccccc3C)OCC4)cc12. The first kappa shape index (κ1) is 17.5. The molecule has 1 aliphatic heterocycles. The first-order chi connectivity index (χ1) is 14.2. The monoisotopic (exact) mass is 384 g/mol. The van der Waals surface area contributed by atoms with E-state index in [9.17, 15) is 5.26 Å². The minimum absolute atomic E-state index is 0.178. The van der Waals surface area contributed by atoms with E-state index in [1.54, 1.807) is 13.2 Å². The zero-order chi connectivity index (χ0) is 20.0. The maximum absolute atomic E-state index is 9.33. The second kappa shape index (κ2) is 6.80. The number of methoxy groups -OCH3 is 1.